The van der Waals surface area contributed by atoms with E-state index in [1.807, 2.05) is 35.2 Å². The van der Waals surface area contributed by atoms with Gasteiger partial charge in [0.1, 0.15) is 12.1 Å². The van der Waals surface area contributed by atoms with Gasteiger partial charge in [-0.05, 0) is 24.5 Å². The van der Waals surface area contributed by atoms with Crippen LogP contribution in [0.25, 0.3) is 5.82 Å². The lowest BCUT2D eigenvalue weighted by molar-refractivity contribution is 0.368. The van der Waals surface area contributed by atoms with Gasteiger partial charge in [0.2, 0.25) is 0 Å². The highest BCUT2D eigenvalue weighted by Gasteiger charge is 2.13. The molecule has 0 saturated carbocycles. The maximum absolute atomic E-state index is 5.44. The summed E-state index contributed by atoms with van der Waals surface area (Å²) in [5, 5.41) is 10.7. The van der Waals surface area contributed by atoms with Crippen LogP contribution >= 0.6 is 0 Å². The van der Waals surface area contributed by atoms with E-state index in [0.29, 0.717) is 25.0 Å². The molecule has 3 heterocycles. The van der Waals surface area contributed by atoms with Crippen LogP contribution in [-0.2, 0) is 13.1 Å². The molecule has 8 heteroatoms. The molecular weight excluding hydrogens is 354 g/mol. The summed E-state index contributed by atoms with van der Waals surface area (Å²) in [6.45, 7) is 5.49. The molecule has 0 fully saturated rings. The quantitative estimate of drug-likeness (QED) is 0.460. The molecule has 8 nitrogen and oxygen atoms in total. The van der Waals surface area contributed by atoms with Crippen LogP contribution in [0.15, 0.2) is 52.6 Å². The average Bonchev–Trinajstić information content (AvgIpc) is 3.42. The molecule has 0 unspecified atom stereocenters. The Kier molecular flexibility index (Phi) is 6.78. The molecule has 0 radical (unpaired) electrons. The molecule has 3 aromatic rings. The fraction of sp³-hybridized carbons (Fsp3) is 0.400. The molecule has 28 heavy (non-hydrogen) atoms. The second-order valence-electron chi connectivity index (χ2n) is 6.51. The molecule has 0 aliphatic rings. The smallest absolute Gasteiger partial charge is 0.191 e. The van der Waals surface area contributed by atoms with Gasteiger partial charge < -0.3 is 15.2 Å². The van der Waals surface area contributed by atoms with Gasteiger partial charge in [0.25, 0.3) is 0 Å². The summed E-state index contributed by atoms with van der Waals surface area (Å²) in [4.78, 5) is 12.7. The van der Waals surface area contributed by atoms with E-state index in [1.165, 1.54) is 0 Å². The number of hydrogen-bond donors (Lipinski definition) is 2. The number of aromatic nitrogens is 4. The molecule has 0 saturated heterocycles. The van der Waals surface area contributed by atoms with Crippen molar-refractivity contribution < 1.29 is 4.52 Å². The van der Waals surface area contributed by atoms with Crippen LogP contribution < -0.4 is 10.6 Å². The second-order valence-corrected chi connectivity index (χ2v) is 6.51. The molecule has 0 spiro atoms. The summed E-state index contributed by atoms with van der Waals surface area (Å²) < 4.78 is 7.31. The number of aliphatic imine (C=N–C) groups is 1. The predicted octanol–water partition coefficient (Wildman–Crippen LogP) is 3.02. The van der Waals surface area contributed by atoms with Gasteiger partial charge in [-0.3, -0.25) is 9.56 Å². The Hall–Kier alpha value is -3.16. The SMILES string of the molecule is CCC(CC)c1cc(CNC(=NC)NCc2ccc(-n3ccnc3)nc2)on1. The zero-order chi connectivity index (χ0) is 19.8. The Morgan fingerprint density at radius 2 is 2.04 bits per heavy atom. The summed E-state index contributed by atoms with van der Waals surface area (Å²) in [6, 6.07) is 6.01. The van der Waals surface area contributed by atoms with Crippen LogP contribution in [-0.4, -0.2) is 32.7 Å². The predicted molar refractivity (Wildman–Crippen MR) is 108 cm³/mol. The Bertz CT molecular complexity index is 864. The standard InChI is InChI=1S/C20H27N7O/c1-4-16(5-2)18-10-17(28-26-18)13-25-20(21-3)24-12-15-6-7-19(23-11-15)27-9-8-22-14-27/h6-11,14,16H,4-5,12-13H2,1-3H3,(H2,21,24,25). The van der Waals surface area contributed by atoms with Gasteiger partial charge in [-0.15, -0.1) is 0 Å². The van der Waals surface area contributed by atoms with Gasteiger partial charge in [0, 0.05) is 44.2 Å². The Morgan fingerprint density at radius 1 is 1.21 bits per heavy atom. The van der Waals surface area contributed by atoms with Crippen LogP contribution in [0.4, 0.5) is 0 Å². The first-order valence-corrected chi connectivity index (χ1v) is 9.56. The summed E-state index contributed by atoms with van der Waals surface area (Å²) in [5.74, 6) is 2.78. The Morgan fingerprint density at radius 3 is 2.68 bits per heavy atom. The summed E-state index contributed by atoms with van der Waals surface area (Å²) >= 11 is 0. The number of guanidine groups is 1. The summed E-state index contributed by atoms with van der Waals surface area (Å²) in [5.41, 5.74) is 2.08. The largest absolute Gasteiger partial charge is 0.359 e. The van der Waals surface area contributed by atoms with Crippen LogP contribution in [0, 0.1) is 0 Å². The van der Waals surface area contributed by atoms with E-state index in [1.54, 1.807) is 19.6 Å². The highest BCUT2D eigenvalue weighted by Crippen LogP contribution is 2.22. The van der Waals surface area contributed by atoms with Crippen LogP contribution in [0.2, 0.25) is 0 Å². The van der Waals surface area contributed by atoms with E-state index >= 15 is 0 Å². The minimum Gasteiger partial charge on any atom is -0.359 e. The highest BCUT2D eigenvalue weighted by atomic mass is 16.5. The van der Waals surface area contributed by atoms with Crippen molar-refractivity contribution in [2.45, 2.75) is 45.7 Å². The van der Waals surface area contributed by atoms with Crippen LogP contribution in [0.1, 0.15) is 49.6 Å². The molecule has 0 aromatic carbocycles. The van der Waals surface area contributed by atoms with Crippen molar-refractivity contribution in [3.8, 4) is 5.82 Å². The third-order valence-corrected chi connectivity index (χ3v) is 4.67. The molecule has 148 valence electrons. The van der Waals surface area contributed by atoms with Gasteiger partial charge in [-0.25, -0.2) is 9.97 Å². The molecule has 0 atom stereocenters. The lowest BCUT2D eigenvalue weighted by atomic mass is 9.99. The average molecular weight is 381 g/mol. The molecule has 0 aliphatic heterocycles. The molecular formula is C20H27N7O. The van der Waals surface area contributed by atoms with Crippen molar-refractivity contribution in [3.63, 3.8) is 0 Å². The molecule has 0 aliphatic carbocycles. The summed E-state index contributed by atoms with van der Waals surface area (Å²) in [6.07, 6.45) is 9.29. The zero-order valence-corrected chi connectivity index (χ0v) is 16.6. The monoisotopic (exact) mass is 381 g/mol. The number of nitrogens with zero attached hydrogens (tertiary/aromatic N) is 5. The normalized spacial score (nSPS) is 11.8. The Balaban J connectivity index is 1.50. The maximum atomic E-state index is 5.44. The van der Waals surface area contributed by atoms with Crippen LogP contribution in [0.5, 0.6) is 0 Å². The molecule has 3 rings (SSSR count). The van der Waals surface area contributed by atoms with E-state index in [4.69, 9.17) is 4.52 Å². The topological polar surface area (TPSA) is 93.2 Å². The van der Waals surface area contributed by atoms with Gasteiger partial charge in [0.05, 0.1) is 12.2 Å². The van der Waals surface area contributed by atoms with Crippen molar-refractivity contribution in [1.82, 2.24) is 30.3 Å². The minimum absolute atomic E-state index is 0.452. The fourth-order valence-electron chi connectivity index (χ4n) is 2.96. The molecule has 3 aromatic heterocycles. The van der Waals surface area contributed by atoms with Gasteiger partial charge in [-0.1, -0.05) is 25.1 Å². The third-order valence-electron chi connectivity index (χ3n) is 4.67. The van der Waals surface area contributed by atoms with Crippen molar-refractivity contribution >= 4 is 5.96 Å². The second kappa shape index (κ2) is 9.68. The van der Waals surface area contributed by atoms with Crippen LogP contribution in [0.3, 0.4) is 0 Å². The van der Waals surface area contributed by atoms with E-state index in [-0.39, 0.29) is 0 Å². The first kappa shape index (κ1) is 19.6. The number of pyridine rings is 1. The zero-order valence-electron chi connectivity index (χ0n) is 16.6. The van der Waals surface area contributed by atoms with E-state index < -0.39 is 0 Å². The highest BCUT2D eigenvalue weighted by molar-refractivity contribution is 5.79. The number of rotatable bonds is 8. The summed E-state index contributed by atoms with van der Waals surface area (Å²) in [7, 11) is 1.74. The van der Waals surface area contributed by atoms with E-state index in [0.717, 1.165) is 35.7 Å². The van der Waals surface area contributed by atoms with Crippen molar-refractivity contribution in [1.29, 1.82) is 0 Å². The number of nitrogens with one attached hydrogen (secondary N) is 2. The van der Waals surface area contributed by atoms with Gasteiger partial charge in [-0.2, -0.15) is 0 Å². The lowest BCUT2D eigenvalue weighted by Gasteiger charge is -2.11. The number of hydrogen-bond acceptors (Lipinski definition) is 5. The Labute approximate surface area is 165 Å². The first-order chi connectivity index (χ1) is 13.7. The first-order valence-electron chi connectivity index (χ1n) is 9.56. The van der Waals surface area contributed by atoms with Gasteiger partial charge >= 0.3 is 0 Å². The van der Waals surface area contributed by atoms with Gasteiger partial charge in [0.15, 0.2) is 11.7 Å². The maximum Gasteiger partial charge on any atom is 0.191 e. The van der Waals surface area contributed by atoms with E-state index in [2.05, 4.69) is 44.6 Å². The third kappa shape index (κ3) is 4.97. The van der Waals surface area contributed by atoms with Crippen molar-refractivity contribution in [3.05, 3.63) is 60.1 Å². The lowest BCUT2D eigenvalue weighted by Crippen LogP contribution is -2.36. The molecule has 0 amide bonds. The van der Waals surface area contributed by atoms with Crippen molar-refractivity contribution in [2.75, 3.05) is 7.05 Å². The molecule has 2 N–H and O–H groups in total. The minimum atomic E-state index is 0.452. The van der Waals surface area contributed by atoms with Crippen molar-refractivity contribution in [2.24, 2.45) is 4.99 Å². The van der Waals surface area contributed by atoms with E-state index in [9.17, 15) is 0 Å². The number of imidazole rings is 1. The molecule has 0 bridgehead atoms. The fourth-order valence-corrected chi connectivity index (χ4v) is 2.96.